The summed E-state index contributed by atoms with van der Waals surface area (Å²) in [6.07, 6.45) is 5.76. The molecule has 1 aliphatic rings. The van der Waals surface area contributed by atoms with Gasteiger partial charge in [0.25, 0.3) is 0 Å². The normalized spacial score (nSPS) is 22.0. The molecule has 3 heteroatoms. The van der Waals surface area contributed by atoms with E-state index in [-0.39, 0.29) is 0 Å². The van der Waals surface area contributed by atoms with Gasteiger partial charge in [-0.3, -0.25) is 0 Å². The number of rotatable bonds is 4. The second-order valence-corrected chi connectivity index (χ2v) is 6.24. The first-order chi connectivity index (χ1) is 10.2. The molecular formula is C18H23N3. The van der Waals surface area contributed by atoms with Crippen LogP contribution in [0.5, 0.6) is 0 Å². The van der Waals surface area contributed by atoms with Gasteiger partial charge in [0, 0.05) is 23.6 Å². The predicted octanol–water partition coefficient (Wildman–Crippen LogP) is 4.55. The number of nitrogens with one attached hydrogen (secondary N) is 1. The number of hydrogen-bond acceptors (Lipinski definition) is 1. The molecule has 1 aliphatic carbocycles. The molecule has 2 atom stereocenters. The average Bonchev–Trinajstić information content (AvgIpc) is 3.12. The van der Waals surface area contributed by atoms with Gasteiger partial charge in [0.2, 0.25) is 5.69 Å². The number of fused-ring (bicyclic) bond motifs is 1. The van der Waals surface area contributed by atoms with Crippen molar-refractivity contribution in [3.63, 3.8) is 0 Å². The van der Waals surface area contributed by atoms with Crippen molar-refractivity contribution in [1.82, 2.24) is 9.88 Å². The van der Waals surface area contributed by atoms with Gasteiger partial charge in [0.05, 0.1) is 6.57 Å². The third-order valence-electron chi connectivity index (χ3n) is 4.98. The summed E-state index contributed by atoms with van der Waals surface area (Å²) in [6, 6.07) is 6.63. The summed E-state index contributed by atoms with van der Waals surface area (Å²) in [4.78, 5) is 9.22. The lowest BCUT2D eigenvalue weighted by Gasteiger charge is -2.25. The zero-order chi connectivity index (χ0) is 14.8. The topological polar surface area (TPSA) is 23.4 Å². The first-order valence-corrected chi connectivity index (χ1v) is 7.90. The summed E-state index contributed by atoms with van der Waals surface area (Å²) >= 11 is 0. The fourth-order valence-corrected chi connectivity index (χ4v) is 3.67. The Bertz CT molecular complexity index is 665. The van der Waals surface area contributed by atoms with Crippen LogP contribution in [0.4, 0.5) is 5.69 Å². The van der Waals surface area contributed by atoms with Gasteiger partial charge in [-0.2, -0.15) is 0 Å². The van der Waals surface area contributed by atoms with Crippen molar-refractivity contribution < 1.29 is 0 Å². The second kappa shape index (κ2) is 5.91. The van der Waals surface area contributed by atoms with E-state index in [0.29, 0.717) is 5.92 Å². The Balaban J connectivity index is 1.90. The summed E-state index contributed by atoms with van der Waals surface area (Å²) in [5.74, 6) is 1.40. The van der Waals surface area contributed by atoms with Gasteiger partial charge in [0.15, 0.2) is 0 Å². The van der Waals surface area contributed by atoms with E-state index in [2.05, 4.69) is 46.9 Å². The van der Waals surface area contributed by atoms with Crippen molar-refractivity contribution in [2.75, 3.05) is 20.1 Å². The van der Waals surface area contributed by atoms with Gasteiger partial charge in [-0.05, 0) is 49.9 Å². The molecule has 0 spiro atoms. The molecule has 2 aromatic rings. The third kappa shape index (κ3) is 2.69. The van der Waals surface area contributed by atoms with E-state index in [0.717, 1.165) is 29.1 Å². The minimum Gasteiger partial charge on any atom is -0.372 e. The minimum atomic E-state index is 0.650. The summed E-state index contributed by atoms with van der Waals surface area (Å²) in [7, 11) is 2.21. The average molecular weight is 281 g/mol. The minimum absolute atomic E-state index is 0.650. The highest BCUT2D eigenvalue weighted by atomic mass is 15.1. The highest BCUT2D eigenvalue weighted by molar-refractivity contribution is 5.93. The molecule has 1 aromatic heterocycles. The van der Waals surface area contributed by atoms with Gasteiger partial charge < -0.3 is 9.88 Å². The standard InChI is InChI=1S/C18H23N3/c1-4-21(3)12-14-6-5-7-15(14)13-8-9-17-16(10-13)18(19-2)11-20-17/h8-11,14-15,20H,4-7,12H2,1,3H3. The van der Waals surface area contributed by atoms with Gasteiger partial charge in [-0.15, -0.1) is 0 Å². The van der Waals surface area contributed by atoms with Crippen LogP contribution in [0.2, 0.25) is 0 Å². The monoisotopic (exact) mass is 281 g/mol. The largest absolute Gasteiger partial charge is 0.372 e. The number of aromatic amines is 1. The van der Waals surface area contributed by atoms with Crippen molar-refractivity contribution >= 4 is 16.6 Å². The Morgan fingerprint density at radius 1 is 1.38 bits per heavy atom. The Morgan fingerprint density at radius 2 is 2.24 bits per heavy atom. The smallest absolute Gasteiger partial charge is 0.211 e. The number of H-pyrrole nitrogens is 1. The van der Waals surface area contributed by atoms with E-state index in [9.17, 15) is 0 Å². The van der Waals surface area contributed by atoms with Crippen molar-refractivity contribution in [2.45, 2.75) is 32.1 Å². The van der Waals surface area contributed by atoms with Crippen LogP contribution in [0.25, 0.3) is 15.7 Å². The number of benzene rings is 1. The maximum Gasteiger partial charge on any atom is 0.211 e. The van der Waals surface area contributed by atoms with Crippen molar-refractivity contribution in [1.29, 1.82) is 0 Å². The highest BCUT2D eigenvalue weighted by Crippen LogP contribution is 2.41. The van der Waals surface area contributed by atoms with Gasteiger partial charge in [-0.25, -0.2) is 4.85 Å². The van der Waals surface area contributed by atoms with Crippen molar-refractivity contribution in [2.24, 2.45) is 5.92 Å². The molecule has 1 N–H and O–H groups in total. The van der Waals surface area contributed by atoms with Crippen LogP contribution in [-0.4, -0.2) is 30.0 Å². The molecule has 110 valence electrons. The zero-order valence-electron chi connectivity index (χ0n) is 12.9. The number of aromatic nitrogens is 1. The van der Waals surface area contributed by atoms with Crippen LogP contribution in [0.1, 0.15) is 37.7 Å². The van der Waals surface area contributed by atoms with Crippen LogP contribution in [-0.2, 0) is 0 Å². The maximum atomic E-state index is 7.28. The Morgan fingerprint density at radius 3 is 3.00 bits per heavy atom. The molecule has 1 saturated carbocycles. The van der Waals surface area contributed by atoms with E-state index in [1.165, 1.54) is 31.4 Å². The Kier molecular flexibility index (Phi) is 3.98. The molecule has 0 bridgehead atoms. The molecule has 0 aliphatic heterocycles. The second-order valence-electron chi connectivity index (χ2n) is 6.24. The molecule has 3 rings (SSSR count). The van der Waals surface area contributed by atoms with Crippen LogP contribution < -0.4 is 0 Å². The number of hydrogen-bond donors (Lipinski definition) is 1. The van der Waals surface area contributed by atoms with Crippen LogP contribution in [0, 0.1) is 12.5 Å². The lowest BCUT2D eigenvalue weighted by molar-refractivity contribution is 0.276. The Hall–Kier alpha value is -1.79. The summed E-state index contributed by atoms with van der Waals surface area (Å²) in [6.45, 7) is 11.8. The van der Waals surface area contributed by atoms with Crippen molar-refractivity contribution in [3.05, 3.63) is 41.4 Å². The van der Waals surface area contributed by atoms with E-state index in [1.54, 1.807) is 0 Å². The predicted molar refractivity (Wildman–Crippen MR) is 87.8 cm³/mol. The van der Waals surface area contributed by atoms with Crippen LogP contribution in [0.3, 0.4) is 0 Å². The molecule has 2 unspecified atom stereocenters. The SMILES string of the molecule is [C-]#[N+]c1c[nH]c2ccc(C3CCCC3CN(C)CC)cc12. The van der Waals surface area contributed by atoms with Crippen LogP contribution >= 0.6 is 0 Å². The van der Waals surface area contributed by atoms with E-state index < -0.39 is 0 Å². The highest BCUT2D eigenvalue weighted by Gasteiger charge is 2.29. The molecule has 0 saturated heterocycles. The fourth-order valence-electron chi connectivity index (χ4n) is 3.67. The summed E-state index contributed by atoms with van der Waals surface area (Å²) in [5, 5.41) is 1.08. The van der Waals surface area contributed by atoms with Gasteiger partial charge in [-0.1, -0.05) is 25.5 Å². The van der Waals surface area contributed by atoms with Gasteiger partial charge in [0.1, 0.15) is 0 Å². The first kappa shape index (κ1) is 14.2. The Labute approximate surface area is 126 Å². The number of nitrogens with zero attached hydrogens (tertiary/aromatic N) is 2. The quantitative estimate of drug-likeness (QED) is 0.816. The molecule has 3 nitrogen and oxygen atoms in total. The molecule has 0 amide bonds. The summed E-state index contributed by atoms with van der Waals surface area (Å²) in [5.41, 5.74) is 3.23. The lowest BCUT2D eigenvalue weighted by Crippen LogP contribution is -2.26. The van der Waals surface area contributed by atoms with E-state index in [1.807, 2.05) is 6.20 Å². The van der Waals surface area contributed by atoms with Crippen molar-refractivity contribution in [3.8, 4) is 0 Å². The maximum absolute atomic E-state index is 7.28. The van der Waals surface area contributed by atoms with E-state index in [4.69, 9.17) is 6.57 Å². The molecular weight excluding hydrogens is 258 g/mol. The molecule has 0 radical (unpaired) electrons. The molecule has 1 aromatic carbocycles. The molecule has 21 heavy (non-hydrogen) atoms. The first-order valence-electron chi connectivity index (χ1n) is 7.90. The van der Waals surface area contributed by atoms with Gasteiger partial charge >= 0.3 is 0 Å². The third-order valence-corrected chi connectivity index (χ3v) is 4.98. The molecule has 1 heterocycles. The van der Waals surface area contributed by atoms with Crippen LogP contribution in [0.15, 0.2) is 24.4 Å². The fraction of sp³-hybridized carbons (Fsp3) is 0.500. The lowest BCUT2D eigenvalue weighted by atomic mass is 9.88. The zero-order valence-corrected chi connectivity index (χ0v) is 12.9. The summed E-state index contributed by atoms with van der Waals surface area (Å²) < 4.78 is 0. The molecule has 1 fully saturated rings. The van der Waals surface area contributed by atoms with E-state index >= 15 is 0 Å².